The van der Waals surface area contributed by atoms with Crippen LogP contribution in [0.3, 0.4) is 0 Å². The van der Waals surface area contributed by atoms with E-state index >= 15 is 0 Å². The molecule has 1 aromatic heterocycles. The summed E-state index contributed by atoms with van der Waals surface area (Å²) in [5.74, 6) is 0.796. The Hall–Kier alpha value is -1.24. The van der Waals surface area contributed by atoms with Crippen molar-refractivity contribution in [3.05, 3.63) is 35.0 Å². The van der Waals surface area contributed by atoms with Gasteiger partial charge in [0.15, 0.2) is 0 Å². The summed E-state index contributed by atoms with van der Waals surface area (Å²) in [6.07, 6.45) is 8.14. The van der Waals surface area contributed by atoms with Crippen molar-refractivity contribution in [3.63, 3.8) is 0 Å². The van der Waals surface area contributed by atoms with Gasteiger partial charge in [0.2, 0.25) is 0 Å². The summed E-state index contributed by atoms with van der Waals surface area (Å²) in [5, 5.41) is 1.50. The van der Waals surface area contributed by atoms with Crippen molar-refractivity contribution in [3.8, 4) is 0 Å². The Bertz CT molecular complexity index is 585. The van der Waals surface area contributed by atoms with Gasteiger partial charge >= 0.3 is 0 Å². The van der Waals surface area contributed by atoms with Gasteiger partial charge in [0, 0.05) is 23.6 Å². The van der Waals surface area contributed by atoms with E-state index in [0.717, 1.165) is 12.3 Å². The molecule has 0 saturated heterocycles. The van der Waals surface area contributed by atoms with Crippen LogP contribution in [0.1, 0.15) is 61.8 Å². The second kappa shape index (κ2) is 5.03. The smallest absolute Gasteiger partial charge is 0.0485 e. The Morgan fingerprint density at radius 3 is 2.58 bits per heavy atom. The minimum atomic E-state index is 0.796. The van der Waals surface area contributed by atoms with E-state index in [1.807, 2.05) is 0 Å². The fourth-order valence-electron chi connectivity index (χ4n) is 3.77. The molecule has 102 valence electrons. The van der Waals surface area contributed by atoms with Gasteiger partial charge in [-0.25, -0.2) is 0 Å². The van der Waals surface area contributed by atoms with Gasteiger partial charge in [-0.3, -0.25) is 0 Å². The number of aromatic nitrogens is 1. The first kappa shape index (κ1) is 12.8. The van der Waals surface area contributed by atoms with E-state index in [0.29, 0.717) is 0 Å². The molecule has 2 aromatic rings. The first-order chi connectivity index (χ1) is 9.22. The van der Waals surface area contributed by atoms with Crippen molar-refractivity contribution in [1.82, 2.24) is 4.57 Å². The highest BCUT2D eigenvalue weighted by atomic mass is 14.9. The minimum absolute atomic E-state index is 0.796. The van der Waals surface area contributed by atoms with E-state index in [1.54, 1.807) is 5.56 Å². The monoisotopic (exact) mass is 255 g/mol. The van der Waals surface area contributed by atoms with Gasteiger partial charge in [-0.1, -0.05) is 38.3 Å². The Kier molecular flexibility index (Phi) is 3.38. The number of hydrogen-bond donors (Lipinski definition) is 0. The van der Waals surface area contributed by atoms with E-state index in [2.05, 4.69) is 43.7 Å². The van der Waals surface area contributed by atoms with Crippen LogP contribution in [0.4, 0.5) is 0 Å². The molecule has 0 N–H and O–H groups in total. The first-order valence-electron chi connectivity index (χ1n) is 7.80. The molecule has 1 heterocycles. The standard InChI is InChI=1S/C18H25N/c1-4-14-10-11-16-17(12-14)19(3)13(2)18(16)15-8-6-5-7-9-15/h10-12,15H,4-9H2,1-3H3. The number of benzene rings is 1. The van der Waals surface area contributed by atoms with Gasteiger partial charge in [0.05, 0.1) is 0 Å². The third-order valence-corrected chi connectivity index (χ3v) is 5.03. The minimum Gasteiger partial charge on any atom is -0.348 e. The second-order valence-corrected chi connectivity index (χ2v) is 6.10. The number of aryl methyl sites for hydroxylation is 2. The molecule has 1 fully saturated rings. The molecule has 0 radical (unpaired) electrons. The van der Waals surface area contributed by atoms with Crippen LogP contribution in [0.2, 0.25) is 0 Å². The van der Waals surface area contributed by atoms with Gasteiger partial charge in [-0.2, -0.15) is 0 Å². The van der Waals surface area contributed by atoms with Crippen molar-refractivity contribution < 1.29 is 0 Å². The van der Waals surface area contributed by atoms with Crippen molar-refractivity contribution in [2.24, 2.45) is 7.05 Å². The lowest BCUT2D eigenvalue weighted by Crippen LogP contribution is -2.06. The number of nitrogens with zero attached hydrogens (tertiary/aromatic N) is 1. The predicted octanol–water partition coefficient (Wildman–Crippen LogP) is 5.10. The molecule has 1 aliphatic carbocycles. The van der Waals surface area contributed by atoms with Gasteiger partial charge in [0.1, 0.15) is 0 Å². The Morgan fingerprint density at radius 2 is 1.89 bits per heavy atom. The Balaban J connectivity index is 2.15. The SMILES string of the molecule is CCc1ccc2c(C3CCCCC3)c(C)n(C)c2c1. The van der Waals surface area contributed by atoms with Gasteiger partial charge in [-0.05, 0) is 49.3 Å². The molecule has 1 heteroatoms. The van der Waals surface area contributed by atoms with Crippen LogP contribution in [0.15, 0.2) is 18.2 Å². The molecule has 0 bridgehead atoms. The molecule has 0 unspecified atom stereocenters. The summed E-state index contributed by atoms with van der Waals surface area (Å²) in [5.41, 5.74) is 6.00. The summed E-state index contributed by atoms with van der Waals surface area (Å²) in [6.45, 7) is 4.54. The first-order valence-corrected chi connectivity index (χ1v) is 7.80. The molecular weight excluding hydrogens is 230 g/mol. The third kappa shape index (κ3) is 2.09. The van der Waals surface area contributed by atoms with Crippen molar-refractivity contribution >= 4 is 10.9 Å². The fraction of sp³-hybridized carbons (Fsp3) is 0.556. The lowest BCUT2D eigenvalue weighted by molar-refractivity contribution is 0.443. The van der Waals surface area contributed by atoms with E-state index in [9.17, 15) is 0 Å². The van der Waals surface area contributed by atoms with Crippen molar-refractivity contribution in [2.75, 3.05) is 0 Å². The van der Waals surface area contributed by atoms with E-state index in [1.165, 1.54) is 54.3 Å². The predicted molar refractivity (Wildman–Crippen MR) is 82.9 cm³/mol. The van der Waals surface area contributed by atoms with Crippen LogP contribution in [0, 0.1) is 6.92 Å². The van der Waals surface area contributed by atoms with E-state index in [4.69, 9.17) is 0 Å². The zero-order valence-corrected chi connectivity index (χ0v) is 12.5. The highest BCUT2D eigenvalue weighted by Gasteiger charge is 2.22. The van der Waals surface area contributed by atoms with Crippen LogP contribution in [0.5, 0.6) is 0 Å². The van der Waals surface area contributed by atoms with Crippen LogP contribution in [-0.4, -0.2) is 4.57 Å². The molecule has 1 aliphatic rings. The van der Waals surface area contributed by atoms with Gasteiger partial charge in [0.25, 0.3) is 0 Å². The lowest BCUT2D eigenvalue weighted by atomic mass is 9.83. The average molecular weight is 255 g/mol. The van der Waals surface area contributed by atoms with Crippen LogP contribution >= 0.6 is 0 Å². The lowest BCUT2D eigenvalue weighted by Gasteiger charge is -2.22. The maximum absolute atomic E-state index is 2.40. The molecule has 0 atom stereocenters. The van der Waals surface area contributed by atoms with Crippen LogP contribution in [-0.2, 0) is 13.5 Å². The summed E-state index contributed by atoms with van der Waals surface area (Å²) in [6, 6.07) is 7.06. The zero-order valence-electron chi connectivity index (χ0n) is 12.5. The highest BCUT2D eigenvalue weighted by molar-refractivity contribution is 5.86. The maximum atomic E-state index is 2.40. The zero-order chi connectivity index (χ0) is 13.4. The van der Waals surface area contributed by atoms with Gasteiger partial charge < -0.3 is 4.57 Å². The number of rotatable bonds is 2. The summed E-state index contributed by atoms with van der Waals surface area (Å²) in [7, 11) is 2.23. The van der Waals surface area contributed by atoms with E-state index < -0.39 is 0 Å². The molecule has 0 aliphatic heterocycles. The van der Waals surface area contributed by atoms with Crippen molar-refractivity contribution in [1.29, 1.82) is 0 Å². The van der Waals surface area contributed by atoms with Gasteiger partial charge in [-0.15, -0.1) is 0 Å². The maximum Gasteiger partial charge on any atom is 0.0485 e. The number of hydrogen-bond acceptors (Lipinski definition) is 0. The number of fused-ring (bicyclic) bond motifs is 1. The Labute approximate surface area is 116 Å². The fourth-order valence-corrected chi connectivity index (χ4v) is 3.77. The molecule has 0 spiro atoms. The normalized spacial score (nSPS) is 17.2. The third-order valence-electron chi connectivity index (χ3n) is 5.03. The molecule has 3 rings (SSSR count). The molecule has 1 aromatic carbocycles. The molecule has 19 heavy (non-hydrogen) atoms. The Morgan fingerprint density at radius 1 is 1.16 bits per heavy atom. The molecule has 1 saturated carbocycles. The van der Waals surface area contributed by atoms with Crippen molar-refractivity contribution in [2.45, 2.75) is 58.3 Å². The average Bonchev–Trinajstić information content (AvgIpc) is 2.71. The quantitative estimate of drug-likeness (QED) is 0.704. The largest absolute Gasteiger partial charge is 0.348 e. The second-order valence-electron chi connectivity index (χ2n) is 6.10. The van der Waals surface area contributed by atoms with Crippen LogP contribution < -0.4 is 0 Å². The molecular formula is C18H25N. The van der Waals surface area contributed by atoms with E-state index in [-0.39, 0.29) is 0 Å². The summed E-state index contributed by atoms with van der Waals surface area (Å²) in [4.78, 5) is 0. The molecule has 0 amide bonds. The molecule has 1 nitrogen and oxygen atoms in total. The van der Waals surface area contributed by atoms with Crippen LogP contribution in [0.25, 0.3) is 10.9 Å². The highest BCUT2D eigenvalue weighted by Crippen LogP contribution is 2.39. The topological polar surface area (TPSA) is 4.93 Å². The summed E-state index contributed by atoms with van der Waals surface area (Å²) >= 11 is 0. The summed E-state index contributed by atoms with van der Waals surface area (Å²) < 4.78 is 2.40.